The van der Waals surface area contributed by atoms with Crippen molar-refractivity contribution in [2.45, 2.75) is 12.8 Å². The number of hydrazone groups is 1. The molecule has 2 aromatic rings. The predicted molar refractivity (Wildman–Crippen MR) is 84.8 cm³/mol. The summed E-state index contributed by atoms with van der Waals surface area (Å²) in [7, 11) is 0. The summed E-state index contributed by atoms with van der Waals surface area (Å²) in [4.78, 5) is 11.8. The normalized spacial score (nSPS) is 14.7. The molecule has 0 aliphatic carbocycles. The van der Waals surface area contributed by atoms with Gasteiger partial charge in [-0.3, -0.25) is 4.79 Å². The monoisotopic (exact) mass is 328 g/mol. The van der Waals surface area contributed by atoms with Crippen LogP contribution in [0.3, 0.4) is 0 Å². The molecule has 0 bridgehead atoms. The Morgan fingerprint density at radius 3 is 2.15 bits per heavy atom. The second-order valence-electron chi connectivity index (χ2n) is 4.60. The molecule has 3 nitrogen and oxygen atoms in total. The average Bonchev–Trinajstić information content (AvgIpc) is 2.49. The van der Waals surface area contributed by atoms with Crippen molar-refractivity contribution in [2.24, 2.45) is 5.10 Å². The zero-order valence-corrected chi connectivity index (χ0v) is 12.4. The second kappa shape index (κ2) is 5.59. The predicted octanol–water partition coefficient (Wildman–Crippen LogP) is 4.23. The number of anilines is 1. The first-order chi connectivity index (χ1) is 9.74. The highest BCUT2D eigenvalue weighted by Gasteiger charge is 2.16. The summed E-state index contributed by atoms with van der Waals surface area (Å²) >= 11 is 3.43. The van der Waals surface area contributed by atoms with E-state index in [1.54, 1.807) is 6.21 Å². The Hall–Kier alpha value is -1.94. The van der Waals surface area contributed by atoms with Crippen LogP contribution in [0.1, 0.15) is 12.8 Å². The largest absolute Gasteiger partial charge is 0.273 e. The highest BCUT2D eigenvalue weighted by Crippen LogP contribution is 2.25. The number of benzene rings is 2. The number of amides is 1. The minimum absolute atomic E-state index is 0.0453. The lowest BCUT2D eigenvalue weighted by Gasteiger charge is -2.20. The molecule has 0 aromatic heterocycles. The highest BCUT2D eigenvalue weighted by atomic mass is 79.9. The van der Waals surface area contributed by atoms with Gasteiger partial charge in [0.25, 0.3) is 0 Å². The summed E-state index contributed by atoms with van der Waals surface area (Å²) in [5, 5.41) is 5.61. The molecule has 1 heterocycles. The van der Waals surface area contributed by atoms with Gasteiger partial charge in [-0.25, -0.2) is 5.01 Å². The molecule has 0 N–H and O–H groups in total. The van der Waals surface area contributed by atoms with Crippen molar-refractivity contribution in [3.05, 3.63) is 53.0 Å². The first-order valence-corrected chi connectivity index (χ1v) is 7.25. The first-order valence-electron chi connectivity index (χ1n) is 6.45. The van der Waals surface area contributed by atoms with Crippen molar-refractivity contribution in [3.63, 3.8) is 0 Å². The van der Waals surface area contributed by atoms with Gasteiger partial charge in [-0.05, 0) is 41.8 Å². The van der Waals surface area contributed by atoms with Gasteiger partial charge in [0.1, 0.15) is 0 Å². The van der Waals surface area contributed by atoms with Gasteiger partial charge in [-0.15, -0.1) is 0 Å². The maximum Gasteiger partial charge on any atom is 0.247 e. The van der Waals surface area contributed by atoms with Crippen LogP contribution in [0.5, 0.6) is 0 Å². The summed E-state index contributed by atoms with van der Waals surface area (Å²) in [5.74, 6) is 0.0453. The van der Waals surface area contributed by atoms with Crippen LogP contribution in [0, 0.1) is 0 Å². The fourth-order valence-corrected chi connectivity index (χ4v) is 2.41. The minimum atomic E-state index is 0.0453. The third-order valence-electron chi connectivity index (χ3n) is 3.21. The number of halogens is 1. The van der Waals surface area contributed by atoms with Crippen molar-refractivity contribution in [3.8, 4) is 11.1 Å². The molecule has 0 fully saturated rings. The van der Waals surface area contributed by atoms with Crippen LogP contribution in [-0.2, 0) is 4.79 Å². The SMILES string of the molecule is O=C1CCC=NN1c1ccc(-c2ccc(Br)cc2)cc1. The maximum absolute atomic E-state index is 11.8. The van der Waals surface area contributed by atoms with Crippen molar-refractivity contribution in [2.75, 3.05) is 5.01 Å². The number of hydrogen-bond acceptors (Lipinski definition) is 2. The van der Waals surface area contributed by atoms with Gasteiger partial charge >= 0.3 is 0 Å². The second-order valence-corrected chi connectivity index (χ2v) is 5.51. The molecule has 0 unspecified atom stereocenters. The molecule has 100 valence electrons. The Morgan fingerprint density at radius 2 is 1.55 bits per heavy atom. The fourth-order valence-electron chi connectivity index (χ4n) is 2.15. The highest BCUT2D eigenvalue weighted by molar-refractivity contribution is 9.10. The van der Waals surface area contributed by atoms with Crippen LogP contribution in [0.25, 0.3) is 11.1 Å². The lowest BCUT2D eigenvalue weighted by Crippen LogP contribution is -2.28. The van der Waals surface area contributed by atoms with E-state index in [-0.39, 0.29) is 5.91 Å². The summed E-state index contributed by atoms with van der Waals surface area (Å²) < 4.78 is 1.06. The molecule has 2 aromatic carbocycles. The van der Waals surface area contributed by atoms with Gasteiger partial charge in [0.05, 0.1) is 5.69 Å². The average molecular weight is 329 g/mol. The van der Waals surface area contributed by atoms with Gasteiger partial charge in [0, 0.05) is 17.1 Å². The molecular formula is C16H13BrN2O. The number of carbonyl (C=O) groups excluding carboxylic acids is 1. The van der Waals surface area contributed by atoms with Crippen LogP contribution < -0.4 is 5.01 Å². The molecule has 20 heavy (non-hydrogen) atoms. The molecule has 0 radical (unpaired) electrons. The zero-order chi connectivity index (χ0) is 13.9. The molecule has 3 rings (SSSR count). The van der Waals surface area contributed by atoms with E-state index in [9.17, 15) is 4.79 Å². The van der Waals surface area contributed by atoms with Gasteiger partial charge in [0.15, 0.2) is 0 Å². The fraction of sp³-hybridized carbons (Fsp3) is 0.125. The van der Waals surface area contributed by atoms with Gasteiger partial charge in [-0.1, -0.05) is 40.2 Å². The summed E-state index contributed by atoms with van der Waals surface area (Å²) in [6.45, 7) is 0. The van der Waals surface area contributed by atoms with Crippen LogP contribution in [-0.4, -0.2) is 12.1 Å². The van der Waals surface area contributed by atoms with Crippen LogP contribution in [0.4, 0.5) is 5.69 Å². The van der Waals surface area contributed by atoms with E-state index in [2.05, 4.69) is 33.2 Å². The Bertz CT molecular complexity index is 647. The zero-order valence-electron chi connectivity index (χ0n) is 10.8. The standard InChI is InChI=1S/C16H13BrN2O/c17-14-7-3-12(4-8-14)13-5-9-15(10-6-13)19-16(20)2-1-11-18-19/h3-11H,1-2H2. The molecule has 0 atom stereocenters. The van der Waals surface area contributed by atoms with Crippen LogP contribution in [0.15, 0.2) is 58.1 Å². The molecule has 0 saturated heterocycles. The Morgan fingerprint density at radius 1 is 0.950 bits per heavy atom. The van der Waals surface area contributed by atoms with E-state index in [1.165, 1.54) is 5.01 Å². The summed E-state index contributed by atoms with van der Waals surface area (Å²) in [5.41, 5.74) is 3.08. The van der Waals surface area contributed by atoms with Crippen molar-refractivity contribution >= 4 is 33.7 Å². The van der Waals surface area contributed by atoms with Crippen molar-refractivity contribution in [1.29, 1.82) is 0 Å². The van der Waals surface area contributed by atoms with Crippen molar-refractivity contribution < 1.29 is 4.79 Å². The molecule has 1 amide bonds. The molecule has 1 aliphatic rings. The molecule has 0 saturated carbocycles. The lowest BCUT2D eigenvalue weighted by atomic mass is 10.1. The van der Waals surface area contributed by atoms with Gasteiger partial charge in [0.2, 0.25) is 5.91 Å². The van der Waals surface area contributed by atoms with E-state index >= 15 is 0 Å². The van der Waals surface area contributed by atoms with E-state index in [1.807, 2.05) is 36.4 Å². The Balaban J connectivity index is 1.87. The van der Waals surface area contributed by atoms with E-state index in [4.69, 9.17) is 0 Å². The number of hydrogen-bond donors (Lipinski definition) is 0. The Labute approximate surface area is 126 Å². The number of rotatable bonds is 2. The molecule has 1 aliphatic heterocycles. The topological polar surface area (TPSA) is 32.7 Å². The van der Waals surface area contributed by atoms with Gasteiger partial charge in [-0.2, -0.15) is 5.10 Å². The van der Waals surface area contributed by atoms with E-state index in [0.717, 1.165) is 27.7 Å². The molecule has 4 heteroatoms. The van der Waals surface area contributed by atoms with Crippen LogP contribution >= 0.6 is 15.9 Å². The van der Waals surface area contributed by atoms with E-state index < -0.39 is 0 Å². The minimum Gasteiger partial charge on any atom is -0.273 e. The third kappa shape index (κ3) is 2.65. The van der Waals surface area contributed by atoms with Crippen LogP contribution in [0.2, 0.25) is 0 Å². The first kappa shape index (κ1) is 13.1. The molecule has 0 spiro atoms. The molecular weight excluding hydrogens is 316 g/mol. The number of carbonyl (C=O) groups is 1. The summed E-state index contributed by atoms with van der Waals surface area (Å²) in [6.07, 6.45) is 3.04. The number of nitrogens with zero attached hydrogens (tertiary/aromatic N) is 2. The van der Waals surface area contributed by atoms with Crippen molar-refractivity contribution in [1.82, 2.24) is 0 Å². The Kier molecular flexibility index (Phi) is 3.65. The lowest BCUT2D eigenvalue weighted by molar-refractivity contribution is -0.118. The van der Waals surface area contributed by atoms with E-state index in [0.29, 0.717) is 6.42 Å². The third-order valence-corrected chi connectivity index (χ3v) is 3.74. The quantitative estimate of drug-likeness (QED) is 0.811. The summed E-state index contributed by atoms with van der Waals surface area (Å²) in [6, 6.07) is 16.0. The smallest absolute Gasteiger partial charge is 0.247 e. The van der Waals surface area contributed by atoms with Gasteiger partial charge < -0.3 is 0 Å². The maximum atomic E-state index is 11.8.